The van der Waals surface area contributed by atoms with E-state index in [0.29, 0.717) is 5.69 Å². The van der Waals surface area contributed by atoms with Crippen LogP contribution in [0.2, 0.25) is 0 Å². The van der Waals surface area contributed by atoms with Gasteiger partial charge in [0.1, 0.15) is 24.4 Å². The van der Waals surface area contributed by atoms with Gasteiger partial charge in [0.15, 0.2) is 0 Å². The quantitative estimate of drug-likeness (QED) is 0.929. The first kappa shape index (κ1) is 16.5. The number of amides is 1. The topological polar surface area (TPSA) is 67.3 Å². The van der Waals surface area contributed by atoms with E-state index in [1.165, 1.54) is 6.33 Å². The number of halogens is 1. The molecule has 0 bridgehead atoms. The maximum atomic E-state index is 12.6. The molecule has 1 aliphatic heterocycles. The Morgan fingerprint density at radius 3 is 2.68 bits per heavy atom. The summed E-state index contributed by atoms with van der Waals surface area (Å²) in [6.45, 7) is 6.44. The van der Waals surface area contributed by atoms with E-state index in [1.807, 2.05) is 20.8 Å². The van der Waals surface area contributed by atoms with Crippen LogP contribution in [0.5, 0.6) is 0 Å². The Labute approximate surface area is 130 Å². The SMILES string of the molecule is CC(C)(C)OC(=O)NC1CCN(c2cc(CF)ncn2)CC1. The molecule has 0 atom stereocenters. The number of carbonyl (C=O) groups excluding carboxylic acids is 1. The minimum Gasteiger partial charge on any atom is -0.444 e. The van der Waals surface area contributed by atoms with Crippen LogP contribution in [-0.2, 0) is 11.4 Å². The molecule has 22 heavy (non-hydrogen) atoms. The van der Waals surface area contributed by atoms with Crippen molar-refractivity contribution in [1.29, 1.82) is 0 Å². The molecule has 2 heterocycles. The normalized spacial score (nSPS) is 16.5. The summed E-state index contributed by atoms with van der Waals surface area (Å²) in [6, 6.07) is 1.76. The van der Waals surface area contributed by atoms with E-state index in [0.717, 1.165) is 31.7 Å². The summed E-state index contributed by atoms with van der Waals surface area (Å²) in [4.78, 5) is 21.9. The van der Waals surface area contributed by atoms with Crippen LogP contribution >= 0.6 is 0 Å². The molecule has 0 spiro atoms. The number of nitrogens with zero attached hydrogens (tertiary/aromatic N) is 3. The van der Waals surface area contributed by atoms with Gasteiger partial charge in [0.05, 0.1) is 5.69 Å². The molecular weight excluding hydrogens is 287 g/mol. The third kappa shape index (κ3) is 4.82. The Balaban J connectivity index is 1.84. The molecule has 0 aromatic carbocycles. The number of anilines is 1. The fourth-order valence-corrected chi connectivity index (χ4v) is 2.36. The largest absolute Gasteiger partial charge is 0.444 e. The number of rotatable bonds is 3. The highest BCUT2D eigenvalue weighted by atomic mass is 19.1. The van der Waals surface area contributed by atoms with E-state index in [-0.39, 0.29) is 12.1 Å². The van der Waals surface area contributed by atoms with Gasteiger partial charge in [0.25, 0.3) is 0 Å². The molecule has 0 unspecified atom stereocenters. The summed E-state index contributed by atoms with van der Waals surface area (Å²) < 4.78 is 17.9. The third-order valence-electron chi connectivity index (χ3n) is 3.39. The number of ether oxygens (including phenoxy) is 1. The molecule has 6 nitrogen and oxygen atoms in total. The lowest BCUT2D eigenvalue weighted by atomic mass is 10.1. The van der Waals surface area contributed by atoms with Gasteiger partial charge < -0.3 is 15.0 Å². The predicted octanol–water partition coefficient (Wildman–Crippen LogP) is 2.44. The molecule has 0 saturated carbocycles. The Hall–Kier alpha value is -1.92. The number of hydrogen-bond donors (Lipinski definition) is 1. The molecule has 1 fully saturated rings. The van der Waals surface area contributed by atoms with E-state index < -0.39 is 12.3 Å². The van der Waals surface area contributed by atoms with Gasteiger partial charge in [-0.25, -0.2) is 19.2 Å². The Kier molecular flexibility index (Phi) is 5.15. The van der Waals surface area contributed by atoms with Crippen molar-refractivity contribution in [2.24, 2.45) is 0 Å². The van der Waals surface area contributed by atoms with Crippen molar-refractivity contribution in [3.63, 3.8) is 0 Å². The smallest absolute Gasteiger partial charge is 0.407 e. The predicted molar refractivity (Wildman–Crippen MR) is 81.4 cm³/mol. The summed E-state index contributed by atoms with van der Waals surface area (Å²) in [7, 11) is 0. The van der Waals surface area contributed by atoms with Crippen molar-refractivity contribution in [2.45, 2.75) is 51.9 Å². The number of hydrogen-bond acceptors (Lipinski definition) is 5. The van der Waals surface area contributed by atoms with Crippen LogP contribution in [0.3, 0.4) is 0 Å². The summed E-state index contributed by atoms with van der Waals surface area (Å²) in [5.41, 5.74) is -0.104. The van der Waals surface area contributed by atoms with Crippen LogP contribution in [-0.4, -0.2) is 40.8 Å². The van der Waals surface area contributed by atoms with Gasteiger partial charge in [-0.1, -0.05) is 0 Å². The van der Waals surface area contributed by atoms with E-state index in [9.17, 15) is 9.18 Å². The van der Waals surface area contributed by atoms with Crippen LogP contribution in [0.1, 0.15) is 39.3 Å². The van der Waals surface area contributed by atoms with Gasteiger partial charge in [0, 0.05) is 25.2 Å². The first-order valence-corrected chi connectivity index (χ1v) is 7.49. The second-order valence-corrected chi connectivity index (χ2v) is 6.41. The monoisotopic (exact) mass is 310 g/mol. The number of piperidine rings is 1. The molecule has 1 aliphatic rings. The second kappa shape index (κ2) is 6.89. The average Bonchev–Trinajstić information content (AvgIpc) is 2.46. The standard InChI is InChI=1S/C15H23FN4O2/c1-15(2,3)22-14(21)19-11-4-6-20(7-5-11)13-8-12(9-16)17-10-18-13/h8,10-11H,4-7,9H2,1-3H3,(H,19,21). The van der Waals surface area contributed by atoms with E-state index in [2.05, 4.69) is 20.2 Å². The molecule has 7 heteroatoms. The van der Waals surface area contributed by atoms with Crippen molar-refractivity contribution < 1.29 is 13.9 Å². The first-order valence-electron chi connectivity index (χ1n) is 7.49. The lowest BCUT2D eigenvalue weighted by molar-refractivity contribution is 0.0497. The van der Waals surface area contributed by atoms with E-state index in [4.69, 9.17) is 4.74 Å². The van der Waals surface area contributed by atoms with Crippen LogP contribution < -0.4 is 10.2 Å². The van der Waals surface area contributed by atoms with Gasteiger partial charge in [-0.05, 0) is 33.6 Å². The Morgan fingerprint density at radius 1 is 1.41 bits per heavy atom. The molecule has 1 N–H and O–H groups in total. The number of aromatic nitrogens is 2. The second-order valence-electron chi connectivity index (χ2n) is 6.41. The number of alkyl carbamates (subject to hydrolysis) is 1. The minimum atomic E-state index is -0.591. The maximum absolute atomic E-state index is 12.6. The summed E-state index contributed by atoms with van der Waals surface area (Å²) >= 11 is 0. The van der Waals surface area contributed by atoms with E-state index in [1.54, 1.807) is 6.07 Å². The van der Waals surface area contributed by atoms with Crippen molar-refractivity contribution >= 4 is 11.9 Å². The zero-order chi connectivity index (χ0) is 16.2. The molecule has 1 saturated heterocycles. The zero-order valence-corrected chi connectivity index (χ0v) is 13.3. The van der Waals surface area contributed by atoms with Gasteiger partial charge >= 0.3 is 6.09 Å². The molecular formula is C15H23FN4O2. The highest BCUT2D eigenvalue weighted by Crippen LogP contribution is 2.19. The van der Waals surface area contributed by atoms with Crippen molar-refractivity contribution in [2.75, 3.05) is 18.0 Å². The highest BCUT2D eigenvalue weighted by Gasteiger charge is 2.24. The van der Waals surface area contributed by atoms with Gasteiger partial charge in [-0.2, -0.15) is 0 Å². The molecule has 1 aromatic heterocycles. The van der Waals surface area contributed by atoms with Crippen molar-refractivity contribution in [1.82, 2.24) is 15.3 Å². The fourth-order valence-electron chi connectivity index (χ4n) is 2.36. The average molecular weight is 310 g/mol. The van der Waals surface area contributed by atoms with Crippen LogP contribution in [0.4, 0.5) is 15.0 Å². The highest BCUT2D eigenvalue weighted by molar-refractivity contribution is 5.68. The number of alkyl halides is 1. The number of carbonyl (C=O) groups is 1. The maximum Gasteiger partial charge on any atom is 0.407 e. The molecule has 122 valence electrons. The van der Waals surface area contributed by atoms with Crippen LogP contribution in [0, 0.1) is 0 Å². The Morgan fingerprint density at radius 2 is 2.09 bits per heavy atom. The minimum absolute atomic E-state index is 0.0913. The summed E-state index contributed by atoms with van der Waals surface area (Å²) in [6.07, 6.45) is 2.60. The summed E-state index contributed by atoms with van der Waals surface area (Å²) in [5.74, 6) is 0.735. The van der Waals surface area contributed by atoms with E-state index >= 15 is 0 Å². The van der Waals surface area contributed by atoms with Crippen LogP contribution in [0.15, 0.2) is 12.4 Å². The lowest BCUT2D eigenvalue weighted by Gasteiger charge is -2.33. The van der Waals surface area contributed by atoms with Crippen molar-refractivity contribution in [3.8, 4) is 0 Å². The van der Waals surface area contributed by atoms with Crippen LogP contribution in [0.25, 0.3) is 0 Å². The number of nitrogens with one attached hydrogen (secondary N) is 1. The molecule has 1 aromatic rings. The third-order valence-corrected chi connectivity index (χ3v) is 3.39. The molecule has 2 rings (SSSR count). The van der Waals surface area contributed by atoms with Gasteiger partial charge in [0.2, 0.25) is 0 Å². The molecule has 0 radical (unpaired) electrons. The first-order chi connectivity index (χ1) is 10.4. The van der Waals surface area contributed by atoms with Crippen molar-refractivity contribution in [3.05, 3.63) is 18.1 Å². The molecule has 0 aliphatic carbocycles. The Bertz CT molecular complexity index is 511. The van der Waals surface area contributed by atoms with Gasteiger partial charge in [-0.3, -0.25) is 0 Å². The lowest BCUT2D eigenvalue weighted by Crippen LogP contribution is -2.46. The molecule has 1 amide bonds. The summed E-state index contributed by atoms with van der Waals surface area (Å²) in [5, 5.41) is 2.89. The zero-order valence-electron chi connectivity index (χ0n) is 13.3. The van der Waals surface area contributed by atoms with Gasteiger partial charge in [-0.15, -0.1) is 0 Å². The fraction of sp³-hybridized carbons (Fsp3) is 0.667.